The number of imidazole rings is 1. The SMILES string of the molecule is CCN(CC)S(=O)(=O)c1ccc(C(=O)Nc2ccc(-c3cn4c(n3)CCCC4)cc2)cc1. The first-order valence-electron chi connectivity index (χ1n) is 11.0. The van der Waals surface area contributed by atoms with Gasteiger partial charge in [-0.1, -0.05) is 26.0 Å². The van der Waals surface area contributed by atoms with E-state index in [1.54, 1.807) is 13.8 Å². The van der Waals surface area contributed by atoms with Gasteiger partial charge in [-0.3, -0.25) is 4.79 Å². The largest absolute Gasteiger partial charge is 0.334 e. The molecule has 0 spiro atoms. The van der Waals surface area contributed by atoms with E-state index in [2.05, 4.69) is 16.1 Å². The van der Waals surface area contributed by atoms with Gasteiger partial charge in [0.05, 0.1) is 10.6 Å². The Labute approximate surface area is 189 Å². The average molecular weight is 453 g/mol. The van der Waals surface area contributed by atoms with Crippen molar-refractivity contribution in [1.29, 1.82) is 0 Å². The van der Waals surface area contributed by atoms with Crippen molar-refractivity contribution in [2.45, 2.75) is 44.6 Å². The summed E-state index contributed by atoms with van der Waals surface area (Å²) in [5.41, 5.74) is 3.03. The minimum Gasteiger partial charge on any atom is -0.334 e. The molecule has 0 fully saturated rings. The monoisotopic (exact) mass is 452 g/mol. The third-order valence-electron chi connectivity index (χ3n) is 5.81. The highest BCUT2D eigenvalue weighted by Gasteiger charge is 2.21. The highest BCUT2D eigenvalue weighted by molar-refractivity contribution is 7.89. The lowest BCUT2D eigenvalue weighted by molar-refractivity contribution is 0.102. The molecule has 0 aliphatic carbocycles. The molecule has 7 nitrogen and oxygen atoms in total. The second-order valence-corrected chi connectivity index (χ2v) is 9.78. The summed E-state index contributed by atoms with van der Waals surface area (Å²) in [7, 11) is -3.54. The number of aromatic nitrogens is 2. The van der Waals surface area contributed by atoms with E-state index in [1.807, 2.05) is 24.3 Å². The molecule has 2 aromatic carbocycles. The lowest BCUT2D eigenvalue weighted by atomic mass is 10.1. The van der Waals surface area contributed by atoms with Crippen molar-refractivity contribution in [3.8, 4) is 11.3 Å². The third kappa shape index (κ3) is 4.47. The van der Waals surface area contributed by atoms with E-state index in [-0.39, 0.29) is 10.8 Å². The predicted molar refractivity (Wildman–Crippen MR) is 125 cm³/mol. The smallest absolute Gasteiger partial charge is 0.255 e. The maximum Gasteiger partial charge on any atom is 0.255 e. The Balaban J connectivity index is 1.44. The molecule has 1 aliphatic rings. The molecule has 0 radical (unpaired) electrons. The van der Waals surface area contributed by atoms with E-state index in [0.29, 0.717) is 24.3 Å². The van der Waals surface area contributed by atoms with Gasteiger partial charge in [0.1, 0.15) is 5.82 Å². The minimum absolute atomic E-state index is 0.185. The number of aryl methyl sites for hydroxylation is 2. The minimum atomic E-state index is -3.54. The van der Waals surface area contributed by atoms with Gasteiger partial charge in [0.25, 0.3) is 5.91 Å². The standard InChI is InChI=1S/C24H28N4O3S/c1-3-28(4-2)32(30,31)21-14-10-19(11-15-21)24(29)25-20-12-8-18(9-13-20)22-17-27-16-6-5-7-23(27)26-22/h8-15,17H,3-7,16H2,1-2H3,(H,25,29). The van der Waals surface area contributed by atoms with Gasteiger partial charge in [0.15, 0.2) is 0 Å². The summed E-state index contributed by atoms with van der Waals surface area (Å²) in [6, 6.07) is 13.6. The van der Waals surface area contributed by atoms with Gasteiger partial charge < -0.3 is 9.88 Å². The summed E-state index contributed by atoms with van der Waals surface area (Å²) >= 11 is 0. The highest BCUT2D eigenvalue weighted by atomic mass is 32.2. The molecule has 4 rings (SSSR count). The zero-order valence-corrected chi connectivity index (χ0v) is 19.2. The van der Waals surface area contributed by atoms with E-state index in [1.165, 1.54) is 41.4 Å². The Morgan fingerprint density at radius 2 is 1.72 bits per heavy atom. The molecule has 0 saturated carbocycles. The summed E-state index contributed by atoms with van der Waals surface area (Å²) in [5, 5.41) is 2.86. The maximum absolute atomic E-state index is 12.6. The van der Waals surface area contributed by atoms with E-state index < -0.39 is 10.0 Å². The van der Waals surface area contributed by atoms with Crippen LogP contribution in [0, 0.1) is 0 Å². The fourth-order valence-electron chi connectivity index (χ4n) is 3.97. The van der Waals surface area contributed by atoms with Crippen LogP contribution < -0.4 is 5.32 Å². The van der Waals surface area contributed by atoms with Crippen LogP contribution in [0.25, 0.3) is 11.3 Å². The Hall–Kier alpha value is -2.97. The van der Waals surface area contributed by atoms with Gasteiger partial charge in [0.2, 0.25) is 10.0 Å². The van der Waals surface area contributed by atoms with Gasteiger partial charge >= 0.3 is 0 Å². The molecule has 0 unspecified atom stereocenters. The number of benzene rings is 2. The number of hydrogen-bond acceptors (Lipinski definition) is 4. The van der Waals surface area contributed by atoms with Crippen molar-refractivity contribution in [2.75, 3.05) is 18.4 Å². The number of hydrogen-bond donors (Lipinski definition) is 1. The number of sulfonamides is 1. The molecule has 0 atom stereocenters. The van der Waals surface area contributed by atoms with Crippen molar-refractivity contribution in [2.24, 2.45) is 0 Å². The molecule has 1 aromatic heterocycles. The summed E-state index contributed by atoms with van der Waals surface area (Å²) in [5.74, 6) is 0.845. The number of anilines is 1. The van der Waals surface area contributed by atoms with Crippen molar-refractivity contribution in [1.82, 2.24) is 13.9 Å². The second-order valence-electron chi connectivity index (χ2n) is 7.84. The molecular weight excluding hydrogens is 424 g/mol. The fourth-order valence-corrected chi connectivity index (χ4v) is 5.43. The molecule has 32 heavy (non-hydrogen) atoms. The summed E-state index contributed by atoms with van der Waals surface area (Å²) in [6.45, 7) is 5.42. The average Bonchev–Trinajstić information content (AvgIpc) is 3.24. The number of carbonyl (C=O) groups excluding carboxylic acids is 1. The lowest BCUT2D eigenvalue weighted by Crippen LogP contribution is -2.30. The second kappa shape index (κ2) is 9.26. The normalized spacial score (nSPS) is 13.7. The van der Waals surface area contributed by atoms with Gasteiger partial charge in [0, 0.05) is 49.1 Å². The van der Waals surface area contributed by atoms with Crippen LogP contribution in [0.15, 0.2) is 59.6 Å². The van der Waals surface area contributed by atoms with Crippen molar-refractivity contribution in [3.63, 3.8) is 0 Å². The quantitative estimate of drug-likeness (QED) is 0.583. The van der Waals surface area contributed by atoms with Crippen LogP contribution in [-0.2, 0) is 23.0 Å². The molecule has 2 heterocycles. The number of nitrogens with one attached hydrogen (secondary N) is 1. The lowest BCUT2D eigenvalue weighted by Gasteiger charge is -2.18. The first kappa shape index (κ1) is 22.2. The van der Waals surface area contributed by atoms with Crippen molar-refractivity contribution >= 4 is 21.6 Å². The van der Waals surface area contributed by atoms with Gasteiger partial charge in [-0.05, 0) is 49.2 Å². The predicted octanol–water partition coefficient (Wildman–Crippen LogP) is 4.17. The Morgan fingerprint density at radius 1 is 1.03 bits per heavy atom. The van der Waals surface area contributed by atoms with E-state index >= 15 is 0 Å². The van der Waals surface area contributed by atoms with E-state index in [9.17, 15) is 13.2 Å². The van der Waals surface area contributed by atoms with Gasteiger partial charge in [-0.15, -0.1) is 0 Å². The number of carbonyl (C=O) groups is 1. The first-order chi connectivity index (χ1) is 15.4. The molecule has 1 aliphatic heterocycles. The highest BCUT2D eigenvalue weighted by Crippen LogP contribution is 2.24. The summed E-state index contributed by atoms with van der Waals surface area (Å²) in [4.78, 5) is 17.5. The van der Waals surface area contributed by atoms with Crippen LogP contribution in [0.2, 0.25) is 0 Å². The number of fused-ring (bicyclic) bond motifs is 1. The number of nitrogens with zero attached hydrogens (tertiary/aromatic N) is 3. The van der Waals surface area contributed by atoms with Crippen molar-refractivity contribution in [3.05, 3.63) is 66.1 Å². The van der Waals surface area contributed by atoms with Crippen LogP contribution in [0.4, 0.5) is 5.69 Å². The Kier molecular flexibility index (Phi) is 6.43. The molecular formula is C24H28N4O3S. The van der Waals surface area contributed by atoms with Gasteiger partial charge in [-0.2, -0.15) is 4.31 Å². The molecule has 8 heteroatoms. The summed E-state index contributed by atoms with van der Waals surface area (Å²) < 4.78 is 28.8. The maximum atomic E-state index is 12.6. The van der Waals surface area contributed by atoms with Crippen LogP contribution in [0.1, 0.15) is 42.9 Å². The first-order valence-corrected chi connectivity index (χ1v) is 12.4. The number of amides is 1. The molecule has 0 saturated heterocycles. The van der Waals surface area contributed by atoms with Crippen LogP contribution in [-0.4, -0.2) is 41.3 Å². The fraction of sp³-hybridized carbons (Fsp3) is 0.333. The van der Waals surface area contributed by atoms with E-state index in [4.69, 9.17) is 4.98 Å². The molecule has 1 amide bonds. The number of rotatable bonds is 7. The zero-order valence-electron chi connectivity index (χ0n) is 18.4. The molecule has 168 valence electrons. The topological polar surface area (TPSA) is 84.3 Å². The van der Waals surface area contributed by atoms with Gasteiger partial charge in [-0.25, -0.2) is 13.4 Å². The Bertz CT molecular complexity index is 1170. The van der Waals surface area contributed by atoms with Crippen LogP contribution in [0.5, 0.6) is 0 Å². The van der Waals surface area contributed by atoms with Crippen molar-refractivity contribution < 1.29 is 13.2 Å². The third-order valence-corrected chi connectivity index (χ3v) is 7.87. The van der Waals surface area contributed by atoms with Crippen LogP contribution >= 0.6 is 0 Å². The molecule has 0 bridgehead atoms. The van der Waals surface area contributed by atoms with E-state index in [0.717, 1.165) is 30.0 Å². The zero-order chi connectivity index (χ0) is 22.7. The Morgan fingerprint density at radius 3 is 2.34 bits per heavy atom. The summed E-state index contributed by atoms with van der Waals surface area (Å²) in [6.07, 6.45) is 5.49. The molecule has 1 N–H and O–H groups in total. The van der Waals surface area contributed by atoms with Crippen LogP contribution in [0.3, 0.4) is 0 Å². The molecule has 3 aromatic rings.